The first-order valence-corrected chi connectivity index (χ1v) is 4.68. The molecule has 0 saturated heterocycles. The third-order valence-corrected chi connectivity index (χ3v) is 2.68. The van der Waals surface area contributed by atoms with Crippen LogP contribution in [-0.2, 0) is 0 Å². The highest BCUT2D eigenvalue weighted by atomic mass is 32.1. The average Bonchev–Trinajstić information content (AvgIpc) is 2.29. The van der Waals surface area contributed by atoms with E-state index >= 15 is 0 Å². The average molecular weight is 153 g/mol. The largest absolute Gasteiger partial charge is 0.382 e. The van der Waals surface area contributed by atoms with E-state index in [0.29, 0.717) is 0 Å². The first kappa shape index (κ1) is 6.23. The molecule has 2 heteroatoms. The quantitative estimate of drug-likeness (QED) is 0.688. The molecule has 1 nitrogen and oxygen atoms in total. The number of anilines is 1. The van der Waals surface area contributed by atoms with Crippen molar-refractivity contribution in [3.63, 3.8) is 0 Å². The molecule has 1 fully saturated rings. The molecule has 0 amide bonds. The van der Waals surface area contributed by atoms with Crippen LogP contribution in [0.3, 0.4) is 0 Å². The minimum Gasteiger partial charge on any atom is -0.382 e. The Morgan fingerprint density at radius 1 is 1.50 bits per heavy atom. The first-order chi connectivity index (χ1) is 4.95. The fourth-order valence-electron chi connectivity index (χ4n) is 1.13. The van der Waals surface area contributed by atoms with Crippen LogP contribution in [0.4, 0.5) is 5.69 Å². The summed E-state index contributed by atoms with van der Waals surface area (Å²) in [4.78, 5) is 0. The minimum atomic E-state index is 0.773. The number of hydrogen-bond donors (Lipinski definition) is 1. The second-order valence-electron chi connectivity index (χ2n) is 2.78. The molecule has 1 aliphatic carbocycles. The summed E-state index contributed by atoms with van der Waals surface area (Å²) < 4.78 is 0. The van der Waals surface area contributed by atoms with E-state index in [2.05, 4.69) is 22.1 Å². The van der Waals surface area contributed by atoms with Crippen molar-refractivity contribution in [3.8, 4) is 0 Å². The molecule has 54 valence electrons. The second-order valence-corrected chi connectivity index (χ2v) is 3.56. The molecule has 0 aliphatic heterocycles. The van der Waals surface area contributed by atoms with Crippen molar-refractivity contribution in [3.05, 3.63) is 16.8 Å². The maximum Gasteiger partial charge on any atom is 0.0450 e. The maximum absolute atomic E-state index is 3.47. The number of nitrogens with one attached hydrogen (secondary N) is 1. The normalized spacial score (nSPS) is 18.4. The van der Waals surface area contributed by atoms with E-state index in [-0.39, 0.29) is 0 Å². The van der Waals surface area contributed by atoms with E-state index in [0.717, 1.165) is 6.04 Å². The van der Waals surface area contributed by atoms with Gasteiger partial charge in [-0.05, 0) is 30.7 Å². The molecular weight excluding hydrogens is 142 g/mol. The molecule has 1 N–H and O–H groups in total. The zero-order valence-electron chi connectivity index (χ0n) is 5.84. The Kier molecular flexibility index (Phi) is 1.63. The van der Waals surface area contributed by atoms with Gasteiger partial charge in [-0.2, -0.15) is 11.3 Å². The van der Waals surface area contributed by atoms with E-state index in [4.69, 9.17) is 0 Å². The van der Waals surface area contributed by atoms with Crippen LogP contribution in [0.15, 0.2) is 16.8 Å². The molecule has 0 bridgehead atoms. The lowest BCUT2D eigenvalue weighted by molar-refractivity contribution is 0.446. The molecule has 0 spiro atoms. The predicted octanol–water partition coefficient (Wildman–Crippen LogP) is 2.71. The van der Waals surface area contributed by atoms with Gasteiger partial charge >= 0.3 is 0 Å². The minimum absolute atomic E-state index is 0.773. The molecule has 0 aromatic carbocycles. The highest BCUT2D eigenvalue weighted by molar-refractivity contribution is 7.08. The Morgan fingerprint density at radius 3 is 2.90 bits per heavy atom. The fourth-order valence-corrected chi connectivity index (χ4v) is 1.73. The van der Waals surface area contributed by atoms with Gasteiger partial charge in [0.25, 0.3) is 0 Å². The third-order valence-electron chi connectivity index (χ3n) is 2.00. The van der Waals surface area contributed by atoms with Gasteiger partial charge < -0.3 is 5.32 Å². The summed E-state index contributed by atoms with van der Waals surface area (Å²) in [6.07, 6.45) is 4.12. The molecule has 0 unspecified atom stereocenters. The van der Waals surface area contributed by atoms with Gasteiger partial charge in [0.1, 0.15) is 0 Å². The highest BCUT2D eigenvalue weighted by Gasteiger charge is 2.16. The van der Waals surface area contributed by atoms with Gasteiger partial charge in [-0.3, -0.25) is 0 Å². The monoisotopic (exact) mass is 153 g/mol. The van der Waals surface area contributed by atoms with Gasteiger partial charge in [0.05, 0.1) is 0 Å². The Balaban J connectivity index is 1.90. The molecule has 0 radical (unpaired) electrons. The summed E-state index contributed by atoms with van der Waals surface area (Å²) in [5.74, 6) is 0. The van der Waals surface area contributed by atoms with E-state index < -0.39 is 0 Å². The van der Waals surface area contributed by atoms with E-state index in [1.165, 1.54) is 24.9 Å². The van der Waals surface area contributed by atoms with Crippen LogP contribution >= 0.6 is 11.3 Å². The Morgan fingerprint density at radius 2 is 2.40 bits per heavy atom. The Labute approximate surface area is 65.1 Å². The van der Waals surface area contributed by atoms with Gasteiger partial charge in [0, 0.05) is 17.1 Å². The number of thiophene rings is 1. The van der Waals surface area contributed by atoms with E-state index in [9.17, 15) is 0 Å². The van der Waals surface area contributed by atoms with Crippen LogP contribution in [0.1, 0.15) is 19.3 Å². The van der Waals surface area contributed by atoms with Crippen molar-refractivity contribution >= 4 is 17.0 Å². The summed E-state index contributed by atoms with van der Waals surface area (Å²) in [6.45, 7) is 0. The fraction of sp³-hybridized carbons (Fsp3) is 0.500. The maximum atomic E-state index is 3.47. The van der Waals surface area contributed by atoms with Crippen LogP contribution in [0.25, 0.3) is 0 Å². The Hall–Kier alpha value is -0.500. The molecule has 1 heterocycles. The molecule has 1 aromatic heterocycles. The van der Waals surface area contributed by atoms with E-state index in [1.807, 2.05) is 0 Å². The zero-order chi connectivity index (χ0) is 6.81. The lowest BCUT2D eigenvalue weighted by Gasteiger charge is -2.26. The third kappa shape index (κ3) is 1.16. The molecule has 10 heavy (non-hydrogen) atoms. The summed E-state index contributed by atoms with van der Waals surface area (Å²) >= 11 is 1.75. The van der Waals surface area contributed by atoms with Crippen molar-refractivity contribution in [1.82, 2.24) is 0 Å². The zero-order valence-corrected chi connectivity index (χ0v) is 6.66. The summed E-state index contributed by atoms with van der Waals surface area (Å²) in [5, 5.41) is 7.75. The van der Waals surface area contributed by atoms with E-state index in [1.54, 1.807) is 11.3 Å². The van der Waals surface area contributed by atoms with Crippen LogP contribution in [0.2, 0.25) is 0 Å². The van der Waals surface area contributed by atoms with Gasteiger partial charge in [-0.25, -0.2) is 0 Å². The summed E-state index contributed by atoms with van der Waals surface area (Å²) in [5.41, 5.74) is 1.30. The van der Waals surface area contributed by atoms with Gasteiger partial charge in [0.2, 0.25) is 0 Å². The molecule has 2 rings (SSSR count). The second kappa shape index (κ2) is 2.62. The topological polar surface area (TPSA) is 12.0 Å². The van der Waals surface area contributed by atoms with Crippen molar-refractivity contribution in [2.45, 2.75) is 25.3 Å². The lowest BCUT2D eigenvalue weighted by Crippen LogP contribution is -2.26. The predicted molar refractivity (Wildman–Crippen MR) is 45.6 cm³/mol. The van der Waals surface area contributed by atoms with Crippen LogP contribution in [0.5, 0.6) is 0 Å². The number of hydrogen-bond acceptors (Lipinski definition) is 2. The van der Waals surface area contributed by atoms with Gasteiger partial charge in [0.15, 0.2) is 0 Å². The summed E-state index contributed by atoms with van der Waals surface area (Å²) in [7, 11) is 0. The van der Waals surface area contributed by atoms with Gasteiger partial charge in [-0.1, -0.05) is 0 Å². The molecule has 0 atom stereocenters. The molecule has 1 saturated carbocycles. The molecule has 1 aliphatic rings. The Bertz CT molecular complexity index is 189. The smallest absolute Gasteiger partial charge is 0.0450 e. The van der Waals surface area contributed by atoms with Crippen LogP contribution in [-0.4, -0.2) is 6.04 Å². The van der Waals surface area contributed by atoms with Crippen molar-refractivity contribution in [2.75, 3.05) is 5.32 Å². The van der Waals surface area contributed by atoms with Crippen molar-refractivity contribution in [1.29, 1.82) is 0 Å². The lowest BCUT2D eigenvalue weighted by atomic mass is 9.93. The summed E-state index contributed by atoms with van der Waals surface area (Å²) in [6, 6.07) is 2.91. The first-order valence-electron chi connectivity index (χ1n) is 3.74. The van der Waals surface area contributed by atoms with Gasteiger partial charge in [-0.15, -0.1) is 0 Å². The molecular formula is C8H11NS. The van der Waals surface area contributed by atoms with Crippen molar-refractivity contribution < 1.29 is 0 Å². The van der Waals surface area contributed by atoms with Crippen molar-refractivity contribution in [2.24, 2.45) is 0 Å². The number of rotatable bonds is 2. The highest BCUT2D eigenvalue weighted by Crippen LogP contribution is 2.23. The molecule has 1 aromatic rings. The SMILES string of the molecule is c1cc(NC2CCC2)cs1. The van der Waals surface area contributed by atoms with Crippen LogP contribution in [0, 0.1) is 0 Å². The van der Waals surface area contributed by atoms with Crippen LogP contribution < -0.4 is 5.32 Å². The standard InChI is InChI=1S/C8H11NS/c1-2-7(3-1)9-8-4-5-10-6-8/h4-7,9H,1-3H2.